The van der Waals surface area contributed by atoms with E-state index < -0.39 is 22.5 Å². The van der Waals surface area contributed by atoms with Crippen LogP contribution < -0.4 is 14.4 Å². The number of hydrogen-bond acceptors (Lipinski definition) is 5. The van der Waals surface area contributed by atoms with Crippen LogP contribution in [0, 0.1) is 0 Å². The van der Waals surface area contributed by atoms with Gasteiger partial charge in [0.1, 0.15) is 12.3 Å². The molecule has 2 rings (SSSR count). The van der Waals surface area contributed by atoms with E-state index in [2.05, 4.69) is 5.32 Å². The Bertz CT molecular complexity index is 925. The molecule has 0 aromatic heterocycles. The quantitative estimate of drug-likeness (QED) is 0.713. The highest BCUT2D eigenvalue weighted by Crippen LogP contribution is 2.27. The summed E-state index contributed by atoms with van der Waals surface area (Å²) in [5, 5.41) is 11.7. The maximum Gasteiger partial charge on any atom is 0.324 e. The summed E-state index contributed by atoms with van der Waals surface area (Å²) in [7, 11) is -4.14. The minimum atomic E-state index is -4.14. The van der Waals surface area contributed by atoms with Gasteiger partial charge < -0.3 is 15.2 Å². The van der Waals surface area contributed by atoms with Crippen LogP contribution in [0.1, 0.15) is 13.8 Å². The van der Waals surface area contributed by atoms with E-state index in [0.717, 1.165) is 4.31 Å². The highest BCUT2D eigenvalue weighted by molar-refractivity contribution is 7.92. The molecule has 0 bridgehead atoms. The SMILES string of the molecule is CCOc1cccc(N(CC(=O)O)S(=O)(=O)c2ccc(NC(C)=O)cc2)c1. The number of nitrogens with zero attached hydrogens (tertiary/aromatic N) is 1. The second-order valence-corrected chi connectivity index (χ2v) is 7.40. The third-order valence-corrected chi connectivity index (χ3v) is 5.25. The van der Waals surface area contributed by atoms with Crippen molar-refractivity contribution >= 4 is 33.3 Å². The van der Waals surface area contributed by atoms with Gasteiger partial charge in [-0.25, -0.2) is 8.42 Å². The van der Waals surface area contributed by atoms with Gasteiger partial charge in [-0.05, 0) is 43.3 Å². The summed E-state index contributed by atoms with van der Waals surface area (Å²) >= 11 is 0. The molecule has 0 aliphatic carbocycles. The largest absolute Gasteiger partial charge is 0.494 e. The maximum atomic E-state index is 13.0. The Morgan fingerprint density at radius 2 is 1.81 bits per heavy atom. The fraction of sp³-hybridized carbons (Fsp3) is 0.222. The van der Waals surface area contributed by atoms with E-state index >= 15 is 0 Å². The van der Waals surface area contributed by atoms with Gasteiger partial charge in [-0.3, -0.25) is 13.9 Å². The molecule has 0 spiro atoms. The first kappa shape index (κ1) is 20.2. The smallest absolute Gasteiger partial charge is 0.324 e. The van der Waals surface area contributed by atoms with Gasteiger partial charge in [0.15, 0.2) is 0 Å². The highest BCUT2D eigenvalue weighted by atomic mass is 32.2. The zero-order chi connectivity index (χ0) is 20.0. The molecule has 0 saturated carbocycles. The average molecular weight is 392 g/mol. The van der Waals surface area contributed by atoms with Crippen LogP contribution in [0.25, 0.3) is 0 Å². The molecule has 0 saturated heterocycles. The van der Waals surface area contributed by atoms with E-state index in [0.29, 0.717) is 18.0 Å². The third kappa shape index (κ3) is 5.20. The molecule has 0 unspecified atom stereocenters. The van der Waals surface area contributed by atoms with E-state index in [-0.39, 0.29) is 16.5 Å². The summed E-state index contributed by atoms with van der Waals surface area (Å²) in [5.41, 5.74) is 0.610. The van der Waals surface area contributed by atoms with E-state index in [9.17, 15) is 23.1 Å². The number of carboxylic acid groups (broad SMARTS) is 1. The number of benzene rings is 2. The van der Waals surface area contributed by atoms with Gasteiger partial charge in [0.05, 0.1) is 17.2 Å². The van der Waals surface area contributed by atoms with Crippen LogP contribution in [0.5, 0.6) is 5.75 Å². The number of anilines is 2. The number of aliphatic carboxylic acids is 1. The van der Waals surface area contributed by atoms with Crippen molar-refractivity contribution in [3.63, 3.8) is 0 Å². The number of nitrogens with one attached hydrogen (secondary N) is 1. The zero-order valence-corrected chi connectivity index (χ0v) is 15.7. The number of ether oxygens (including phenoxy) is 1. The van der Waals surface area contributed by atoms with E-state index in [1.165, 1.54) is 43.3 Å². The van der Waals surface area contributed by atoms with Crippen molar-refractivity contribution in [1.82, 2.24) is 0 Å². The van der Waals surface area contributed by atoms with Crippen LogP contribution in [0.2, 0.25) is 0 Å². The van der Waals surface area contributed by atoms with Gasteiger partial charge in [-0.15, -0.1) is 0 Å². The van der Waals surface area contributed by atoms with Crippen LogP contribution in [0.15, 0.2) is 53.4 Å². The molecule has 0 aliphatic heterocycles. The molecule has 0 radical (unpaired) electrons. The van der Waals surface area contributed by atoms with Gasteiger partial charge in [-0.1, -0.05) is 6.07 Å². The Balaban J connectivity index is 2.43. The van der Waals surface area contributed by atoms with Crippen molar-refractivity contribution in [3.05, 3.63) is 48.5 Å². The Labute approximate surface area is 157 Å². The molecule has 0 heterocycles. The Morgan fingerprint density at radius 1 is 1.15 bits per heavy atom. The Morgan fingerprint density at radius 3 is 2.37 bits per heavy atom. The molecule has 0 atom stereocenters. The van der Waals surface area contributed by atoms with Crippen molar-refractivity contribution < 1.29 is 27.9 Å². The number of carbonyl (C=O) groups is 2. The first-order valence-electron chi connectivity index (χ1n) is 8.09. The van der Waals surface area contributed by atoms with Gasteiger partial charge in [-0.2, -0.15) is 0 Å². The molecule has 2 aromatic rings. The number of rotatable bonds is 8. The fourth-order valence-corrected chi connectivity index (χ4v) is 3.78. The Kier molecular flexibility index (Phi) is 6.40. The van der Waals surface area contributed by atoms with Crippen molar-refractivity contribution in [3.8, 4) is 5.75 Å². The number of hydrogen-bond donors (Lipinski definition) is 2. The number of carboxylic acids is 1. The summed E-state index contributed by atoms with van der Waals surface area (Å²) in [6.45, 7) is 2.77. The molecule has 1 amide bonds. The van der Waals surface area contributed by atoms with Gasteiger partial charge in [0.2, 0.25) is 5.91 Å². The van der Waals surface area contributed by atoms with Crippen LogP contribution in [-0.4, -0.2) is 38.6 Å². The normalized spacial score (nSPS) is 10.9. The van der Waals surface area contributed by atoms with Crippen LogP contribution in [-0.2, 0) is 19.6 Å². The predicted octanol–water partition coefficient (Wildman–Crippen LogP) is 2.32. The van der Waals surface area contributed by atoms with Crippen LogP contribution in [0.3, 0.4) is 0 Å². The summed E-state index contributed by atoms with van der Waals surface area (Å²) < 4.78 is 32.2. The number of carbonyl (C=O) groups excluding carboxylic acids is 1. The minimum absolute atomic E-state index is 0.0975. The molecule has 0 aliphatic rings. The predicted molar refractivity (Wildman–Crippen MR) is 101 cm³/mol. The number of sulfonamides is 1. The minimum Gasteiger partial charge on any atom is -0.494 e. The Hall–Kier alpha value is -3.07. The summed E-state index contributed by atoms with van der Waals surface area (Å²) in [6, 6.07) is 11.7. The van der Waals surface area contributed by atoms with E-state index in [4.69, 9.17) is 4.74 Å². The first-order valence-corrected chi connectivity index (χ1v) is 9.53. The molecule has 2 N–H and O–H groups in total. The first-order chi connectivity index (χ1) is 12.7. The monoisotopic (exact) mass is 392 g/mol. The van der Waals surface area contributed by atoms with Crippen molar-refractivity contribution in [1.29, 1.82) is 0 Å². The van der Waals surface area contributed by atoms with E-state index in [1.807, 2.05) is 0 Å². The zero-order valence-electron chi connectivity index (χ0n) is 14.9. The van der Waals surface area contributed by atoms with Crippen molar-refractivity contribution in [2.45, 2.75) is 18.7 Å². The average Bonchev–Trinajstić information content (AvgIpc) is 2.60. The van der Waals surface area contributed by atoms with Crippen LogP contribution in [0.4, 0.5) is 11.4 Å². The lowest BCUT2D eigenvalue weighted by molar-refractivity contribution is -0.135. The van der Waals surface area contributed by atoms with E-state index in [1.54, 1.807) is 19.1 Å². The lowest BCUT2D eigenvalue weighted by Crippen LogP contribution is -2.35. The van der Waals surface area contributed by atoms with Crippen molar-refractivity contribution in [2.24, 2.45) is 0 Å². The summed E-state index contributed by atoms with van der Waals surface area (Å²) in [6.07, 6.45) is 0. The summed E-state index contributed by atoms with van der Waals surface area (Å²) in [5.74, 6) is -1.15. The highest BCUT2D eigenvalue weighted by Gasteiger charge is 2.27. The van der Waals surface area contributed by atoms with Crippen LogP contribution >= 0.6 is 0 Å². The van der Waals surface area contributed by atoms with Gasteiger partial charge in [0, 0.05) is 18.7 Å². The molecule has 0 fully saturated rings. The molecule has 9 heteroatoms. The lowest BCUT2D eigenvalue weighted by atomic mass is 10.3. The molecule has 144 valence electrons. The third-order valence-electron chi connectivity index (χ3n) is 3.46. The second kappa shape index (κ2) is 8.54. The second-order valence-electron chi connectivity index (χ2n) is 5.54. The topological polar surface area (TPSA) is 113 Å². The standard InChI is InChI=1S/C18H20N2O6S/c1-3-26-16-6-4-5-15(11-16)20(12-18(22)23)27(24,25)17-9-7-14(8-10-17)19-13(2)21/h4-11H,3,12H2,1-2H3,(H,19,21)(H,22,23). The van der Waals surface area contributed by atoms with Gasteiger partial charge in [0.25, 0.3) is 10.0 Å². The maximum absolute atomic E-state index is 13.0. The van der Waals surface area contributed by atoms with Gasteiger partial charge >= 0.3 is 5.97 Å². The number of amides is 1. The molecular weight excluding hydrogens is 372 g/mol. The lowest BCUT2D eigenvalue weighted by Gasteiger charge is -2.23. The fourth-order valence-electron chi connectivity index (χ4n) is 2.37. The molecule has 8 nitrogen and oxygen atoms in total. The summed E-state index contributed by atoms with van der Waals surface area (Å²) in [4.78, 5) is 22.2. The molecule has 27 heavy (non-hydrogen) atoms. The molecule has 2 aromatic carbocycles. The van der Waals surface area contributed by atoms with Crippen molar-refractivity contribution in [2.75, 3.05) is 22.8 Å². The molecular formula is C18H20N2O6S.